The minimum absolute atomic E-state index is 1.13. The molecule has 0 spiro atoms. The predicted octanol–water partition coefficient (Wildman–Crippen LogP) is 4.17. The molecule has 0 saturated heterocycles. The first-order valence-corrected chi connectivity index (χ1v) is 6.52. The number of hydrogen-bond acceptors (Lipinski definition) is 0. The van der Waals surface area contributed by atoms with Crippen LogP contribution in [-0.4, -0.2) is 4.57 Å². The highest BCUT2D eigenvalue weighted by Gasteiger charge is 2.21. The van der Waals surface area contributed by atoms with Gasteiger partial charge in [0, 0.05) is 23.2 Å². The molecule has 4 rings (SSSR count). The molecule has 0 radical (unpaired) electrons. The molecule has 0 N–H and O–H groups in total. The van der Waals surface area contributed by atoms with E-state index < -0.39 is 0 Å². The lowest BCUT2D eigenvalue weighted by atomic mass is 10.0. The lowest BCUT2D eigenvalue weighted by Crippen LogP contribution is -1.95. The summed E-state index contributed by atoms with van der Waals surface area (Å²) in [6, 6.07) is 17.5. The second-order valence-electron chi connectivity index (χ2n) is 5.04. The molecule has 1 aliphatic rings. The lowest BCUT2D eigenvalue weighted by Gasteiger charge is -2.05. The first-order chi connectivity index (χ1) is 8.86. The van der Waals surface area contributed by atoms with Gasteiger partial charge in [-0.25, -0.2) is 0 Å². The van der Waals surface area contributed by atoms with Crippen molar-refractivity contribution < 1.29 is 0 Å². The molecule has 2 aromatic carbocycles. The molecule has 0 aliphatic carbocycles. The van der Waals surface area contributed by atoms with Gasteiger partial charge in [-0.1, -0.05) is 48.5 Å². The van der Waals surface area contributed by atoms with Crippen molar-refractivity contribution in [1.82, 2.24) is 4.57 Å². The van der Waals surface area contributed by atoms with Crippen molar-refractivity contribution >= 4 is 10.9 Å². The minimum atomic E-state index is 1.13. The van der Waals surface area contributed by atoms with Gasteiger partial charge in [-0.05, 0) is 24.5 Å². The molecule has 3 aromatic rings. The van der Waals surface area contributed by atoms with E-state index in [9.17, 15) is 0 Å². The number of rotatable bonds is 1. The fraction of sp³-hybridized carbons (Fsp3) is 0.176. The maximum Gasteiger partial charge on any atom is 0.0522 e. The van der Waals surface area contributed by atoms with Crippen molar-refractivity contribution in [3.05, 3.63) is 59.8 Å². The largest absolute Gasteiger partial charge is 0.344 e. The SMILES string of the molecule is Cc1c(-c2ccccc2)c2cccc3c2n1CC3. The highest BCUT2D eigenvalue weighted by molar-refractivity contribution is 6.00. The molecule has 88 valence electrons. The van der Waals surface area contributed by atoms with Crippen molar-refractivity contribution in [2.45, 2.75) is 19.9 Å². The van der Waals surface area contributed by atoms with E-state index in [4.69, 9.17) is 0 Å². The molecule has 0 amide bonds. The average Bonchev–Trinajstić information content (AvgIpc) is 2.96. The molecule has 1 nitrogen and oxygen atoms in total. The summed E-state index contributed by atoms with van der Waals surface area (Å²) in [5.41, 5.74) is 7.10. The first-order valence-electron chi connectivity index (χ1n) is 6.52. The summed E-state index contributed by atoms with van der Waals surface area (Å²) < 4.78 is 2.48. The number of nitrogens with zero attached hydrogens (tertiary/aromatic N) is 1. The summed E-state index contributed by atoms with van der Waals surface area (Å²) in [6.45, 7) is 3.38. The first kappa shape index (κ1) is 9.95. The average molecular weight is 233 g/mol. The van der Waals surface area contributed by atoms with Crippen LogP contribution in [0.4, 0.5) is 0 Å². The summed E-state index contributed by atoms with van der Waals surface area (Å²) in [7, 11) is 0. The Bertz CT molecular complexity index is 735. The van der Waals surface area contributed by atoms with E-state index in [-0.39, 0.29) is 0 Å². The quantitative estimate of drug-likeness (QED) is 0.594. The van der Waals surface area contributed by atoms with Crippen LogP contribution in [-0.2, 0) is 13.0 Å². The Morgan fingerprint density at radius 3 is 2.61 bits per heavy atom. The van der Waals surface area contributed by atoms with Crippen LogP contribution < -0.4 is 0 Å². The van der Waals surface area contributed by atoms with Gasteiger partial charge in [-0.3, -0.25) is 0 Å². The third-order valence-corrected chi connectivity index (χ3v) is 4.09. The van der Waals surface area contributed by atoms with Gasteiger partial charge in [-0.2, -0.15) is 0 Å². The number of aromatic nitrogens is 1. The fourth-order valence-electron chi connectivity index (χ4n) is 3.29. The third kappa shape index (κ3) is 1.16. The Labute approximate surface area is 107 Å². The van der Waals surface area contributed by atoms with Crippen LogP contribution in [0.2, 0.25) is 0 Å². The van der Waals surface area contributed by atoms with Gasteiger partial charge in [0.2, 0.25) is 0 Å². The maximum atomic E-state index is 2.48. The topological polar surface area (TPSA) is 4.93 Å². The van der Waals surface area contributed by atoms with Crippen LogP contribution in [0, 0.1) is 6.92 Å². The predicted molar refractivity (Wildman–Crippen MR) is 75.8 cm³/mol. The monoisotopic (exact) mass is 233 g/mol. The van der Waals surface area contributed by atoms with E-state index in [0.717, 1.165) is 6.54 Å². The molecule has 1 aromatic heterocycles. The zero-order chi connectivity index (χ0) is 12.1. The van der Waals surface area contributed by atoms with Crippen molar-refractivity contribution in [1.29, 1.82) is 0 Å². The second-order valence-corrected chi connectivity index (χ2v) is 5.04. The fourth-order valence-corrected chi connectivity index (χ4v) is 3.29. The number of hydrogen-bond donors (Lipinski definition) is 0. The van der Waals surface area contributed by atoms with Crippen LogP contribution in [0.5, 0.6) is 0 Å². The summed E-state index contributed by atoms with van der Waals surface area (Å²) in [5, 5.41) is 1.41. The zero-order valence-electron chi connectivity index (χ0n) is 10.5. The normalized spacial score (nSPS) is 13.4. The standard InChI is InChI=1S/C17H15N/c1-12-16(13-6-3-2-4-7-13)15-9-5-8-14-10-11-18(12)17(14)15/h2-9H,10-11H2,1H3. The number of para-hydroxylation sites is 1. The number of aryl methyl sites for hydroxylation is 2. The highest BCUT2D eigenvalue weighted by Crippen LogP contribution is 2.38. The maximum absolute atomic E-state index is 2.48. The summed E-state index contributed by atoms with van der Waals surface area (Å²) >= 11 is 0. The molecular formula is C17H15N. The van der Waals surface area contributed by atoms with Crippen molar-refractivity contribution in [2.24, 2.45) is 0 Å². The van der Waals surface area contributed by atoms with Gasteiger partial charge in [0.25, 0.3) is 0 Å². The van der Waals surface area contributed by atoms with Gasteiger partial charge < -0.3 is 4.57 Å². The molecule has 1 heteroatoms. The van der Waals surface area contributed by atoms with Crippen molar-refractivity contribution in [3.8, 4) is 11.1 Å². The van der Waals surface area contributed by atoms with Crippen LogP contribution >= 0.6 is 0 Å². The van der Waals surface area contributed by atoms with Crippen LogP contribution in [0.25, 0.3) is 22.0 Å². The van der Waals surface area contributed by atoms with E-state index in [1.165, 1.54) is 39.7 Å². The van der Waals surface area contributed by atoms with Gasteiger partial charge in [0.05, 0.1) is 5.52 Å². The zero-order valence-corrected chi connectivity index (χ0v) is 10.5. The van der Waals surface area contributed by atoms with Crippen LogP contribution in [0.1, 0.15) is 11.3 Å². The summed E-state index contributed by atoms with van der Waals surface area (Å²) in [4.78, 5) is 0. The molecule has 18 heavy (non-hydrogen) atoms. The Kier molecular flexibility index (Phi) is 1.93. The smallest absolute Gasteiger partial charge is 0.0522 e. The van der Waals surface area contributed by atoms with Crippen LogP contribution in [0.15, 0.2) is 48.5 Å². The van der Waals surface area contributed by atoms with Gasteiger partial charge in [0.15, 0.2) is 0 Å². The molecule has 0 atom stereocenters. The van der Waals surface area contributed by atoms with E-state index in [1.54, 1.807) is 0 Å². The molecule has 2 heterocycles. The lowest BCUT2D eigenvalue weighted by molar-refractivity contribution is 0.749. The van der Waals surface area contributed by atoms with Crippen molar-refractivity contribution in [2.75, 3.05) is 0 Å². The summed E-state index contributed by atoms with van der Waals surface area (Å²) in [5.74, 6) is 0. The minimum Gasteiger partial charge on any atom is -0.344 e. The van der Waals surface area contributed by atoms with E-state index >= 15 is 0 Å². The van der Waals surface area contributed by atoms with Crippen molar-refractivity contribution in [3.63, 3.8) is 0 Å². The van der Waals surface area contributed by atoms with Gasteiger partial charge in [-0.15, -0.1) is 0 Å². The van der Waals surface area contributed by atoms with Crippen LogP contribution in [0.3, 0.4) is 0 Å². The third-order valence-electron chi connectivity index (χ3n) is 4.09. The van der Waals surface area contributed by atoms with E-state index in [1.807, 2.05) is 0 Å². The molecule has 0 bridgehead atoms. The molecule has 0 unspecified atom stereocenters. The Morgan fingerprint density at radius 1 is 0.944 bits per heavy atom. The van der Waals surface area contributed by atoms with Gasteiger partial charge >= 0.3 is 0 Å². The molecule has 0 saturated carbocycles. The van der Waals surface area contributed by atoms with Gasteiger partial charge in [0.1, 0.15) is 0 Å². The number of benzene rings is 2. The summed E-state index contributed by atoms with van der Waals surface area (Å²) in [6.07, 6.45) is 1.18. The molecular weight excluding hydrogens is 218 g/mol. The Hall–Kier alpha value is -2.02. The highest BCUT2D eigenvalue weighted by atomic mass is 15.0. The Morgan fingerprint density at radius 2 is 1.78 bits per heavy atom. The van der Waals surface area contributed by atoms with E-state index in [2.05, 4.69) is 60.0 Å². The second kappa shape index (κ2) is 3.49. The van der Waals surface area contributed by atoms with E-state index in [0.29, 0.717) is 0 Å². The molecule has 1 aliphatic heterocycles. The Balaban J connectivity index is 2.14. The molecule has 0 fully saturated rings.